The summed E-state index contributed by atoms with van der Waals surface area (Å²) in [5.41, 5.74) is 5.84. The van der Waals surface area contributed by atoms with Crippen LogP contribution in [0.15, 0.2) is 65.6 Å². The molecule has 8 heteroatoms. The molecule has 2 aromatic rings. The van der Waals surface area contributed by atoms with E-state index < -0.39 is 11.2 Å². The van der Waals surface area contributed by atoms with E-state index in [1.165, 1.54) is 31.8 Å². The van der Waals surface area contributed by atoms with Crippen LogP contribution in [0.25, 0.3) is 11.3 Å². The van der Waals surface area contributed by atoms with Crippen LogP contribution >= 0.6 is 0 Å². The number of unbranched alkanes of at least 4 members (excludes halogenated alkanes) is 1. The van der Waals surface area contributed by atoms with Crippen molar-refractivity contribution in [2.24, 2.45) is 28.2 Å². The standard InChI is InChI=1S/C36H47FN4O.C9H20.C8H14O2.C4H10.C2H6/c1-8-14-30(29(37)13-6)39-34-24(7)31(38-19-11-4)23-32(40-34)26-15-16-28-33(22-26)41(27-20-25(12-5)21-27)35(42)36(28,17-9-2)18-10-3;1-5-7-8-9(3,4)6-2;1-3-6(2)8(9)7-4-5-10-7;1-4(2)3;1-2/h8,13-16,19,22-23,25,27H,6,9-12,17-18,20-21H2,1-5,7H3,(H,39,40);5-8H2,1-4H3;6-7H,3-5H2,1-2H3;4H,1-3H3;1-2H3/b14-8-,30-29-,38-19?;;;;. The number of ketones is 1. The van der Waals surface area contributed by atoms with Crippen molar-refractivity contribution in [1.29, 1.82) is 0 Å². The molecule has 67 heavy (non-hydrogen) atoms. The zero-order valence-corrected chi connectivity index (χ0v) is 45.8. The number of hydrogen-bond acceptors (Lipinski definition) is 6. The van der Waals surface area contributed by atoms with E-state index in [0.29, 0.717) is 17.2 Å². The van der Waals surface area contributed by atoms with Crippen LogP contribution in [0.5, 0.6) is 0 Å². The number of aromatic nitrogens is 1. The number of amides is 1. The van der Waals surface area contributed by atoms with Gasteiger partial charge in [-0.1, -0.05) is 167 Å². The first-order valence-corrected chi connectivity index (χ1v) is 26.5. The lowest BCUT2D eigenvalue weighted by Crippen LogP contribution is -2.50. The van der Waals surface area contributed by atoms with Crippen molar-refractivity contribution in [3.05, 3.63) is 71.7 Å². The number of ether oxygens (including phenoxy) is 1. The number of Topliss-reactive ketones (excluding diaryl/α,β-unsaturated/α-hetero) is 1. The number of carbonyl (C=O) groups is 2. The molecule has 7 nitrogen and oxygen atoms in total. The van der Waals surface area contributed by atoms with Gasteiger partial charge in [-0.25, -0.2) is 9.37 Å². The number of hydrogen-bond donors (Lipinski definition) is 1. The molecule has 2 unspecified atom stereocenters. The largest absolute Gasteiger partial charge is 0.370 e. The van der Waals surface area contributed by atoms with Crippen LogP contribution in [0.1, 0.15) is 212 Å². The summed E-state index contributed by atoms with van der Waals surface area (Å²) in [5, 5.41) is 3.19. The highest BCUT2D eigenvalue weighted by molar-refractivity contribution is 6.09. The molecule has 1 aromatic heterocycles. The number of nitrogens with one attached hydrogen (secondary N) is 1. The van der Waals surface area contributed by atoms with Crippen LogP contribution in [0.4, 0.5) is 21.6 Å². The number of anilines is 2. The van der Waals surface area contributed by atoms with Crippen molar-refractivity contribution < 1.29 is 18.7 Å². The molecule has 1 N–H and O–H groups in total. The van der Waals surface area contributed by atoms with E-state index in [4.69, 9.17) is 14.7 Å². The van der Waals surface area contributed by atoms with Gasteiger partial charge in [0.15, 0.2) is 5.78 Å². The lowest BCUT2D eigenvalue weighted by molar-refractivity contribution is -0.146. The molecule has 378 valence electrons. The fraction of sp³-hybridized carbons (Fsp3) is 0.661. The Bertz CT molecular complexity index is 1870. The van der Waals surface area contributed by atoms with Gasteiger partial charge in [-0.2, -0.15) is 0 Å². The minimum atomic E-state index is -0.465. The summed E-state index contributed by atoms with van der Waals surface area (Å²) in [5.74, 6) is 2.33. The van der Waals surface area contributed by atoms with Crippen molar-refractivity contribution in [2.75, 3.05) is 16.8 Å². The highest BCUT2D eigenvalue weighted by Gasteiger charge is 2.53. The molecule has 0 spiro atoms. The number of nitrogens with zero attached hydrogens (tertiary/aromatic N) is 3. The van der Waals surface area contributed by atoms with Gasteiger partial charge < -0.3 is 15.0 Å². The molecule has 2 fully saturated rings. The topological polar surface area (TPSA) is 83.9 Å². The molecule has 1 saturated heterocycles. The Balaban J connectivity index is 0.000000729. The minimum absolute atomic E-state index is 0.0602. The zero-order chi connectivity index (χ0) is 50.9. The third-order valence-corrected chi connectivity index (χ3v) is 13.2. The number of allylic oxidation sites excluding steroid dienone is 4. The number of rotatable bonds is 20. The number of pyridine rings is 1. The molecule has 3 heterocycles. The van der Waals surface area contributed by atoms with Crippen molar-refractivity contribution in [2.45, 2.75) is 225 Å². The molecule has 3 aliphatic rings. The second kappa shape index (κ2) is 31.3. The van der Waals surface area contributed by atoms with Gasteiger partial charge in [0.25, 0.3) is 0 Å². The fourth-order valence-corrected chi connectivity index (χ4v) is 8.40. The molecule has 1 aliphatic carbocycles. The Kier molecular flexibility index (Phi) is 28.5. The second-order valence-electron chi connectivity index (χ2n) is 19.9. The third-order valence-electron chi connectivity index (χ3n) is 13.2. The average Bonchev–Trinajstić information content (AvgIpc) is 3.50. The van der Waals surface area contributed by atoms with Gasteiger partial charge in [0, 0.05) is 41.4 Å². The van der Waals surface area contributed by atoms with E-state index in [2.05, 4.69) is 104 Å². The maximum atomic E-state index is 14.7. The van der Waals surface area contributed by atoms with Crippen LogP contribution in [-0.4, -0.2) is 41.6 Å². The van der Waals surface area contributed by atoms with Crippen molar-refractivity contribution in [1.82, 2.24) is 4.98 Å². The van der Waals surface area contributed by atoms with Crippen molar-refractivity contribution in [3.63, 3.8) is 0 Å². The van der Waals surface area contributed by atoms with Gasteiger partial charge in [0.2, 0.25) is 5.91 Å². The lowest BCUT2D eigenvalue weighted by Gasteiger charge is -2.42. The van der Waals surface area contributed by atoms with E-state index in [-0.39, 0.29) is 35.5 Å². The molecule has 1 saturated carbocycles. The molecule has 1 amide bonds. The maximum Gasteiger partial charge on any atom is 0.237 e. The predicted molar refractivity (Wildman–Crippen MR) is 290 cm³/mol. The molecule has 1 aromatic carbocycles. The fourth-order valence-electron chi connectivity index (χ4n) is 8.40. The molecule has 0 bridgehead atoms. The first-order chi connectivity index (χ1) is 31.9. The summed E-state index contributed by atoms with van der Waals surface area (Å²) in [7, 11) is 0. The van der Waals surface area contributed by atoms with Crippen LogP contribution in [-0.2, 0) is 19.7 Å². The number of carbonyl (C=O) groups excluding carboxylic acids is 2. The van der Waals surface area contributed by atoms with E-state index in [1.807, 2.05) is 60.7 Å². The molecule has 0 radical (unpaired) electrons. The van der Waals surface area contributed by atoms with Gasteiger partial charge in [0.1, 0.15) is 17.7 Å². The first kappa shape index (κ1) is 61.1. The SMILES string of the molecule is C=C/C(F)=C(\C=C/C)Nc1nc(-c2ccc3c(c2)N(C2CC(CC)C2)C(=O)C3(CCC)CCC)cc(N=CCC)c1C.CC.CC(C)C.CCC(C)C(=O)C1CCO1.CCCCC(C)(C)CC. The van der Waals surface area contributed by atoms with Gasteiger partial charge in [-0.15, -0.1) is 0 Å². The Morgan fingerprint density at radius 3 is 2.10 bits per heavy atom. The van der Waals surface area contributed by atoms with Crippen molar-refractivity contribution >= 4 is 35.1 Å². The summed E-state index contributed by atoms with van der Waals surface area (Å²) < 4.78 is 19.7. The van der Waals surface area contributed by atoms with Gasteiger partial charge >= 0.3 is 0 Å². The molecular weight excluding hydrogens is 832 g/mol. The molecule has 2 atom stereocenters. The van der Waals surface area contributed by atoms with Crippen LogP contribution in [0, 0.1) is 30.1 Å². The second-order valence-corrected chi connectivity index (χ2v) is 19.9. The number of fused-ring (bicyclic) bond motifs is 1. The lowest BCUT2D eigenvalue weighted by atomic mass is 9.73. The van der Waals surface area contributed by atoms with Crippen LogP contribution in [0.2, 0.25) is 0 Å². The number of halogens is 1. The van der Waals surface area contributed by atoms with Crippen LogP contribution in [0.3, 0.4) is 0 Å². The van der Waals surface area contributed by atoms with E-state index >= 15 is 0 Å². The Hall–Kier alpha value is -3.91. The molecular formula is C59H97FN4O3. The quantitative estimate of drug-likeness (QED) is 0.106. The Labute approximate surface area is 410 Å². The number of benzene rings is 1. The van der Waals surface area contributed by atoms with E-state index in [0.717, 1.165) is 110 Å². The summed E-state index contributed by atoms with van der Waals surface area (Å²) in [6.45, 7) is 40.5. The summed E-state index contributed by atoms with van der Waals surface area (Å²) in [4.78, 5) is 37.4. The van der Waals surface area contributed by atoms with Crippen LogP contribution < -0.4 is 10.2 Å². The number of aliphatic imine (C=N–C) groups is 1. The summed E-state index contributed by atoms with van der Waals surface area (Å²) in [6.07, 6.45) is 21.4. The third kappa shape index (κ3) is 17.8. The molecule has 2 aliphatic heterocycles. The Morgan fingerprint density at radius 1 is 1.03 bits per heavy atom. The van der Waals surface area contributed by atoms with Gasteiger partial charge in [-0.3, -0.25) is 14.6 Å². The monoisotopic (exact) mass is 929 g/mol. The normalized spacial score (nSPS) is 18.9. The maximum absolute atomic E-state index is 14.7. The first-order valence-electron chi connectivity index (χ1n) is 26.5. The zero-order valence-electron chi connectivity index (χ0n) is 45.8. The molecule has 5 rings (SSSR count). The van der Waals surface area contributed by atoms with Gasteiger partial charge in [0.05, 0.1) is 29.1 Å². The van der Waals surface area contributed by atoms with Crippen molar-refractivity contribution in [3.8, 4) is 11.3 Å². The van der Waals surface area contributed by atoms with Gasteiger partial charge in [-0.05, 0) is 106 Å². The summed E-state index contributed by atoms with van der Waals surface area (Å²) in [6, 6.07) is 8.64. The smallest absolute Gasteiger partial charge is 0.237 e. The minimum Gasteiger partial charge on any atom is -0.370 e. The summed E-state index contributed by atoms with van der Waals surface area (Å²) >= 11 is 0. The highest BCUT2D eigenvalue weighted by Crippen LogP contribution is 2.52. The van der Waals surface area contributed by atoms with E-state index in [1.54, 1.807) is 12.2 Å². The predicted octanol–water partition coefficient (Wildman–Crippen LogP) is 17.6. The highest BCUT2D eigenvalue weighted by atomic mass is 19.1. The average molecular weight is 929 g/mol. The Morgan fingerprint density at radius 2 is 1.64 bits per heavy atom. The van der Waals surface area contributed by atoms with E-state index in [9.17, 15) is 14.0 Å².